The predicted octanol–water partition coefficient (Wildman–Crippen LogP) is 3.38. The predicted molar refractivity (Wildman–Crippen MR) is 86.8 cm³/mol. The van der Waals surface area contributed by atoms with E-state index < -0.39 is 0 Å². The van der Waals surface area contributed by atoms with Gasteiger partial charge in [-0.3, -0.25) is 5.10 Å². The molecule has 0 atom stereocenters. The molecule has 0 amide bonds. The van der Waals surface area contributed by atoms with E-state index in [2.05, 4.69) is 50.8 Å². The van der Waals surface area contributed by atoms with Crippen LogP contribution in [0.4, 0.5) is 0 Å². The van der Waals surface area contributed by atoms with E-state index in [9.17, 15) is 0 Å². The van der Waals surface area contributed by atoms with Crippen LogP contribution in [0.3, 0.4) is 0 Å². The van der Waals surface area contributed by atoms with Crippen LogP contribution >= 0.6 is 0 Å². The molecule has 0 saturated carbocycles. The monoisotopic (exact) mass is 278 g/mol. The third-order valence-corrected chi connectivity index (χ3v) is 3.42. The lowest BCUT2D eigenvalue weighted by Gasteiger charge is -2.09. The van der Waals surface area contributed by atoms with Crippen molar-refractivity contribution in [3.8, 4) is 11.1 Å². The number of rotatable bonds is 4. The first-order valence-electron chi connectivity index (χ1n) is 7.01. The van der Waals surface area contributed by atoms with Gasteiger partial charge in [-0.25, -0.2) is 4.98 Å². The molecule has 0 unspecified atom stereocenters. The average molecular weight is 278 g/mol. The minimum absolute atomic E-state index is 0.819. The number of pyridine rings is 1. The lowest BCUT2D eigenvalue weighted by molar-refractivity contribution is 0.818. The molecular weight excluding hydrogens is 260 g/mol. The molecule has 2 heterocycles. The van der Waals surface area contributed by atoms with Gasteiger partial charge in [0.05, 0.1) is 6.20 Å². The Balaban J connectivity index is 2.18. The molecule has 0 spiro atoms. The van der Waals surface area contributed by atoms with Crippen LogP contribution in [0.15, 0.2) is 42.7 Å². The van der Waals surface area contributed by atoms with Crippen LogP contribution in [-0.2, 0) is 6.54 Å². The van der Waals surface area contributed by atoms with Gasteiger partial charge in [-0.1, -0.05) is 18.2 Å². The molecule has 3 aromatic rings. The van der Waals surface area contributed by atoms with E-state index in [0.717, 1.165) is 23.1 Å². The van der Waals surface area contributed by atoms with Crippen molar-refractivity contribution in [3.05, 3.63) is 53.9 Å². The van der Waals surface area contributed by atoms with Crippen molar-refractivity contribution in [1.82, 2.24) is 20.5 Å². The maximum absolute atomic E-state index is 4.30. The van der Waals surface area contributed by atoms with Crippen LogP contribution in [-0.4, -0.2) is 22.2 Å². The molecule has 2 N–H and O–H groups in total. The van der Waals surface area contributed by atoms with E-state index in [1.165, 1.54) is 16.7 Å². The lowest BCUT2D eigenvalue weighted by atomic mass is 9.98. The van der Waals surface area contributed by atoms with E-state index in [1.807, 2.05) is 32.4 Å². The van der Waals surface area contributed by atoms with Gasteiger partial charge in [0, 0.05) is 18.1 Å². The number of aromatic amines is 1. The van der Waals surface area contributed by atoms with Crippen molar-refractivity contribution < 1.29 is 0 Å². The van der Waals surface area contributed by atoms with Gasteiger partial charge in [0.1, 0.15) is 0 Å². The Kier molecular flexibility index (Phi) is 3.79. The van der Waals surface area contributed by atoms with Crippen LogP contribution in [0.25, 0.3) is 28.2 Å². The smallest absolute Gasteiger partial charge is 0.155 e. The maximum atomic E-state index is 4.30. The van der Waals surface area contributed by atoms with Crippen molar-refractivity contribution in [1.29, 1.82) is 0 Å². The fourth-order valence-corrected chi connectivity index (χ4v) is 2.57. The standard InChI is InChI=1S/C17H18N4/c1-3-4-12-7-13(10-18-2)9-14(8-12)15-5-6-19-17-16(15)11-20-21-17/h3-9,11,18H,10H2,1-2H3,(H,19,20,21)/b4-3+. The molecule has 0 aliphatic carbocycles. The van der Waals surface area contributed by atoms with E-state index in [-0.39, 0.29) is 0 Å². The van der Waals surface area contributed by atoms with E-state index in [0.29, 0.717) is 0 Å². The minimum atomic E-state index is 0.819. The largest absolute Gasteiger partial charge is 0.316 e. The fourth-order valence-electron chi connectivity index (χ4n) is 2.57. The van der Waals surface area contributed by atoms with Crippen LogP contribution in [0.2, 0.25) is 0 Å². The molecule has 106 valence electrons. The number of fused-ring (bicyclic) bond motifs is 1. The quantitative estimate of drug-likeness (QED) is 0.769. The zero-order chi connectivity index (χ0) is 14.7. The van der Waals surface area contributed by atoms with E-state index in [1.54, 1.807) is 0 Å². The van der Waals surface area contributed by atoms with E-state index in [4.69, 9.17) is 0 Å². The Morgan fingerprint density at radius 1 is 1.29 bits per heavy atom. The Bertz CT molecular complexity index is 786. The molecule has 0 saturated heterocycles. The van der Waals surface area contributed by atoms with Crippen LogP contribution in [0.5, 0.6) is 0 Å². The molecule has 21 heavy (non-hydrogen) atoms. The maximum Gasteiger partial charge on any atom is 0.155 e. The summed E-state index contributed by atoms with van der Waals surface area (Å²) in [5, 5.41) is 11.3. The Morgan fingerprint density at radius 3 is 3.00 bits per heavy atom. The van der Waals surface area contributed by atoms with Gasteiger partial charge in [0.15, 0.2) is 5.65 Å². The summed E-state index contributed by atoms with van der Waals surface area (Å²) >= 11 is 0. The van der Waals surface area contributed by atoms with Gasteiger partial charge in [-0.15, -0.1) is 0 Å². The highest BCUT2D eigenvalue weighted by Gasteiger charge is 2.08. The molecule has 1 aromatic carbocycles. The molecule has 0 aliphatic heterocycles. The number of benzene rings is 1. The Labute approximate surface area is 123 Å². The molecule has 2 aromatic heterocycles. The molecule has 0 fully saturated rings. The molecular formula is C17H18N4. The van der Waals surface area contributed by atoms with E-state index >= 15 is 0 Å². The molecule has 0 radical (unpaired) electrons. The normalized spacial score (nSPS) is 11.5. The highest BCUT2D eigenvalue weighted by atomic mass is 15.1. The number of hydrogen-bond acceptors (Lipinski definition) is 3. The van der Waals surface area contributed by atoms with Gasteiger partial charge >= 0.3 is 0 Å². The molecule has 4 heteroatoms. The third-order valence-electron chi connectivity index (χ3n) is 3.42. The molecule has 0 bridgehead atoms. The highest BCUT2D eigenvalue weighted by Crippen LogP contribution is 2.28. The lowest BCUT2D eigenvalue weighted by Crippen LogP contribution is -2.05. The van der Waals surface area contributed by atoms with Crippen molar-refractivity contribution >= 4 is 17.1 Å². The first-order chi connectivity index (χ1) is 10.3. The third kappa shape index (κ3) is 2.71. The summed E-state index contributed by atoms with van der Waals surface area (Å²) in [6, 6.07) is 8.65. The zero-order valence-corrected chi connectivity index (χ0v) is 12.2. The second kappa shape index (κ2) is 5.89. The topological polar surface area (TPSA) is 53.6 Å². The average Bonchev–Trinajstić information content (AvgIpc) is 2.96. The number of H-pyrrole nitrogens is 1. The van der Waals surface area contributed by atoms with Crippen molar-refractivity contribution in [3.63, 3.8) is 0 Å². The fraction of sp³-hybridized carbons (Fsp3) is 0.176. The minimum Gasteiger partial charge on any atom is -0.316 e. The summed E-state index contributed by atoms with van der Waals surface area (Å²) in [6.45, 7) is 2.88. The second-order valence-electron chi connectivity index (χ2n) is 4.98. The van der Waals surface area contributed by atoms with Crippen molar-refractivity contribution in [2.24, 2.45) is 0 Å². The van der Waals surface area contributed by atoms with Crippen molar-refractivity contribution in [2.75, 3.05) is 7.05 Å². The van der Waals surface area contributed by atoms with Crippen LogP contribution < -0.4 is 5.32 Å². The summed E-state index contributed by atoms with van der Waals surface area (Å²) in [7, 11) is 1.96. The summed E-state index contributed by atoms with van der Waals surface area (Å²) in [5.41, 5.74) is 5.62. The van der Waals surface area contributed by atoms with Gasteiger partial charge in [-0.2, -0.15) is 5.10 Å². The second-order valence-corrected chi connectivity index (χ2v) is 4.98. The Morgan fingerprint density at radius 2 is 2.19 bits per heavy atom. The Hall–Kier alpha value is -2.46. The van der Waals surface area contributed by atoms with Gasteiger partial charge in [0.2, 0.25) is 0 Å². The van der Waals surface area contributed by atoms with Crippen LogP contribution in [0.1, 0.15) is 18.1 Å². The zero-order valence-electron chi connectivity index (χ0n) is 12.2. The van der Waals surface area contributed by atoms with Crippen molar-refractivity contribution in [2.45, 2.75) is 13.5 Å². The number of aromatic nitrogens is 3. The van der Waals surface area contributed by atoms with Gasteiger partial charge in [-0.05, 0) is 54.4 Å². The summed E-state index contributed by atoms with van der Waals surface area (Å²) in [5.74, 6) is 0. The first kappa shape index (κ1) is 13.5. The number of hydrogen-bond donors (Lipinski definition) is 2. The number of nitrogens with zero attached hydrogens (tertiary/aromatic N) is 2. The summed E-state index contributed by atoms with van der Waals surface area (Å²) < 4.78 is 0. The SMILES string of the molecule is C/C=C/c1cc(CNC)cc(-c2ccnc3[nH]ncc23)c1. The first-order valence-corrected chi connectivity index (χ1v) is 7.01. The van der Waals surface area contributed by atoms with Gasteiger partial charge < -0.3 is 5.32 Å². The summed E-state index contributed by atoms with van der Waals surface area (Å²) in [6.07, 6.45) is 7.83. The highest BCUT2D eigenvalue weighted by molar-refractivity contribution is 5.92. The molecule has 4 nitrogen and oxygen atoms in total. The molecule has 3 rings (SSSR count). The summed E-state index contributed by atoms with van der Waals surface area (Å²) in [4.78, 5) is 4.30. The van der Waals surface area contributed by atoms with Gasteiger partial charge in [0.25, 0.3) is 0 Å². The number of allylic oxidation sites excluding steroid dienone is 1. The molecule has 0 aliphatic rings. The number of nitrogens with one attached hydrogen (secondary N) is 2. The van der Waals surface area contributed by atoms with Crippen LogP contribution in [0, 0.1) is 0 Å².